The maximum Gasteiger partial charge on any atom is 0.264 e. The highest BCUT2D eigenvalue weighted by atomic mass is 32.2. The second-order valence-electron chi connectivity index (χ2n) is 6.50. The van der Waals surface area contributed by atoms with Gasteiger partial charge in [-0.15, -0.1) is 0 Å². The van der Waals surface area contributed by atoms with E-state index < -0.39 is 10.0 Å². The minimum atomic E-state index is -3.85. The lowest BCUT2D eigenvalue weighted by atomic mass is 10.1. The van der Waals surface area contributed by atoms with Crippen LogP contribution in [0.25, 0.3) is 0 Å². The minimum absolute atomic E-state index is 0.169. The molecule has 2 aromatic rings. The Labute approximate surface area is 156 Å². The zero-order valence-electron chi connectivity index (χ0n) is 15.5. The molecule has 2 aromatic carbocycles. The van der Waals surface area contributed by atoms with Crippen LogP contribution in [0.15, 0.2) is 59.5 Å². The van der Waals surface area contributed by atoms with Gasteiger partial charge in [0.05, 0.1) is 10.6 Å². The van der Waals surface area contributed by atoms with E-state index in [0.29, 0.717) is 24.6 Å². The summed E-state index contributed by atoms with van der Waals surface area (Å²) in [5.74, 6) is -0.0230. The molecule has 0 saturated carbocycles. The third kappa shape index (κ3) is 4.85. The number of para-hydroxylation sites is 1. The van der Waals surface area contributed by atoms with Crippen molar-refractivity contribution >= 4 is 21.6 Å². The number of benzene rings is 2. The smallest absolute Gasteiger partial charge is 0.264 e. The summed E-state index contributed by atoms with van der Waals surface area (Å²) >= 11 is 0. The Morgan fingerprint density at radius 2 is 1.65 bits per heavy atom. The molecule has 0 saturated heterocycles. The van der Waals surface area contributed by atoms with E-state index in [2.05, 4.69) is 5.32 Å². The fourth-order valence-electron chi connectivity index (χ4n) is 2.58. The third-order valence-corrected chi connectivity index (χ3v) is 5.74. The summed E-state index contributed by atoms with van der Waals surface area (Å²) < 4.78 is 27.6. The average Bonchev–Trinajstić information content (AvgIpc) is 2.65. The Morgan fingerprint density at radius 3 is 2.27 bits per heavy atom. The highest BCUT2D eigenvalue weighted by molar-refractivity contribution is 7.92. The normalized spacial score (nSPS) is 11.4. The molecule has 0 aliphatic heterocycles. The van der Waals surface area contributed by atoms with E-state index in [0.717, 1.165) is 5.56 Å². The zero-order valence-corrected chi connectivity index (χ0v) is 16.3. The van der Waals surface area contributed by atoms with Crippen LogP contribution in [0.3, 0.4) is 0 Å². The van der Waals surface area contributed by atoms with Gasteiger partial charge in [0.2, 0.25) is 5.91 Å². The van der Waals surface area contributed by atoms with Crippen molar-refractivity contribution in [2.24, 2.45) is 5.92 Å². The van der Waals surface area contributed by atoms with E-state index in [1.54, 1.807) is 42.5 Å². The van der Waals surface area contributed by atoms with Crippen LogP contribution < -0.4 is 9.62 Å². The molecule has 0 unspecified atom stereocenters. The van der Waals surface area contributed by atoms with Crippen LogP contribution in [-0.4, -0.2) is 27.4 Å². The SMILES string of the molecule is CCc1ccccc1N(CC(=O)NCC(C)C)S(=O)(=O)c1ccccc1. The number of amides is 1. The van der Waals surface area contributed by atoms with Crippen molar-refractivity contribution in [2.75, 3.05) is 17.4 Å². The quantitative estimate of drug-likeness (QED) is 0.771. The van der Waals surface area contributed by atoms with Gasteiger partial charge in [0.15, 0.2) is 0 Å². The summed E-state index contributed by atoms with van der Waals surface area (Å²) in [5.41, 5.74) is 1.42. The Balaban J connectivity index is 2.44. The van der Waals surface area contributed by atoms with Crippen LogP contribution in [0.4, 0.5) is 5.69 Å². The standard InChI is InChI=1S/C20H26N2O3S/c1-4-17-10-8-9-13-19(17)22(15-20(23)21-14-16(2)3)26(24,25)18-11-6-5-7-12-18/h5-13,16H,4,14-15H2,1-3H3,(H,21,23). The molecule has 1 amide bonds. The van der Waals surface area contributed by atoms with E-state index in [1.807, 2.05) is 32.9 Å². The van der Waals surface area contributed by atoms with Crippen LogP contribution in [0.5, 0.6) is 0 Å². The fourth-order valence-corrected chi connectivity index (χ4v) is 4.06. The third-order valence-electron chi connectivity index (χ3n) is 3.97. The first-order valence-corrected chi connectivity index (χ1v) is 10.2. The molecule has 0 spiro atoms. The molecule has 0 aromatic heterocycles. The van der Waals surface area contributed by atoms with E-state index in [-0.39, 0.29) is 17.3 Å². The molecule has 0 fully saturated rings. The van der Waals surface area contributed by atoms with Crippen molar-refractivity contribution in [1.29, 1.82) is 0 Å². The topological polar surface area (TPSA) is 66.5 Å². The number of rotatable bonds is 8. The number of hydrogen-bond acceptors (Lipinski definition) is 3. The van der Waals surface area contributed by atoms with Gasteiger partial charge in [0, 0.05) is 6.54 Å². The number of carbonyl (C=O) groups excluding carboxylic acids is 1. The summed E-state index contributed by atoms with van der Waals surface area (Å²) in [6.07, 6.45) is 0.671. The van der Waals surface area contributed by atoms with Gasteiger partial charge >= 0.3 is 0 Å². The van der Waals surface area contributed by atoms with Crippen LogP contribution in [-0.2, 0) is 21.2 Å². The summed E-state index contributed by atoms with van der Waals surface area (Å²) in [5, 5.41) is 2.80. The first-order chi connectivity index (χ1) is 12.4. The molecule has 2 rings (SSSR count). The molecule has 0 bridgehead atoms. The van der Waals surface area contributed by atoms with E-state index in [1.165, 1.54) is 4.31 Å². The lowest BCUT2D eigenvalue weighted by Crippen LogP contribution is -2.42. The highest BCUT2D eigenvalue weighted by Crippen LogP contribution is 2.27. The number of carbonyl (C=O) groups is 1. The Bertz CT molecular complexity index is 833. The van der Waals surface area contributed by atoms with Crippen molar-refractivity contribution in [2.45, 2.75) is 32.1 Å². The predicted octanol–water partition coefficient (Wildman–Crippen LogP) is 3.22. The van der Waals surface area contributed by atoms with Gasteiger partial charge in [0.1, 0.15) is 6.54 Å². The number of aryl methyl sites for hydroxylation is 1. The molecular formula is C20H26N2O3S. The molecule has 0 heterocycles. The summed E-state index contributed by atoms with van der Waals surface area (Å²) in [6, 6.07) is 15.5. The minimum Gasteiger partial charge on any atom is -0.354 e. The fraction of sp³-hybridized carbons (Fsp3) is 0.350. The predicted molar refractivity (Wildman–Crippen MR) is 105 cm³/mol. The molecule has 6 heteroatoms. The number of sulfonamides is 1. The van der Waals surface area contributed by atoms with Crippen LogP contribution in [0.1, 0.15) is 26.3 Å². The molecule has 0 aliphatic rings. The van der Waals surface area contributed by atoms with Crippen LogP contribution in [0, 0.1) is 5.92 Å². The highest BCUT2D eigenvalue weighted by Gasteiger charge is 2.28. The van der Waals surface area contributed by atoms with Gasteiger partial charge in [-0.3, -0.25) is 9.10 Å². The first-order valence-electron chi connectivity index (χ1n) is 8.78. The molecule has 5 nitrogen and oxygen atoms in total. The van der Waals surface area contributed by atoms with E-state index >= 15 is 0 Å². The molecule has 0 atom stereocenters. The zero-order chi connectivity index (χ0) is 19.2. The van der Waals surface area contributed by atoms with Crippen molar-refractivity contribution in [3.63, 3.8) is 0 Å². The Morgan fingerprint density at radius 1 is 1.04 bits per heavy atom. The van der Waals surface area contributed by atoms with Crippen LogP contribution >= 0.6 is 0 Å². The average molecular weight is 375 g/mol. The molecule has 26 heavy (non-hydrogen) atoms. The first kappa shape index (κ1) is 20.0. The van der Waals surface area contributed by atoms with E-state index in [4.69, 9.17) is 0 Å². The maximum absolute atomic E-state index is 13.2. The number of anilines is 1. The summed E-state index contributed by atoms with van der Waals surface area (Å²) in [4.78, 5) is 12.6. The summed E-state index contributed by atoms with van der Waals surface area (Å²) in [7, 11) is -3.85. The van der Waals surface area contributed by atoms with Gasteiger partial charge in [-0.1, -0.05) is 57.2 Å². The lowest BCUT2D eigenvalue weighted by Gasteiger charge is -2.26. The molecule has 140 valence electrons. The second kappa shape index (κ2) is 8.85. The molecule has 0 aliphatic carbocycles. The van der Waals surface area contributed by atoms with Crippen molar-refractivity contribution in [3.8, 4) is 0 Å². The monoisotopic (exact) mass is 374 g/mol. The molecule has 1 N–H and O–H groups in total. The van der Waals surface area contributed by atoms with Crippen molar-refractivity contribution in [3.05, 3.63) is 60.2 Å². The Hall–Kier alpha value is -2.34. The number of nitrogens with one attached hydrogen (secondary N) is 1. The lowest BCUT2D eigenvalue weighted by molar-refractivity contribution is -0.119. The summed E-state index contributed by atoms with van der Waals surface area (Å²) in [6.45, 7) is 6.20. The van der Waals surface area contributed by atoms with Gasteiger partial charge in [-0.05, 0) is 36.1 Å². The van der Waals surface area contributed by atoms with Crippen molar-refractivity contribution in [1.82, 2.24) is 5.32 Å². The number of hydrogen-bond donors (Lipinski definition) is 1. The van der Waals surface area contributed by atoms with Gasteiger partial charge in [0.25, 0.3) is 10.0 Å². The van der Waals surface area contributed by atoms with E-state index in [9.17, 15) is 13.2 Å². The van der Waals surface area contributed by atoms with Gasteiger partial charge < -0.3 is 5.32 Å². The largest absolute Gasteiger partial charge is 0.354 e. The van der Waals surface area contributed by atoms with Gasteiger partial charge in [-0.2, -0.15) is 0 Å². The van der Waals surface area contributed by atoms with Crippen LogP contribution in [0.2, 0.25) is 0 Å². The number of nitrogens with zero attached hydrogens (tertiary/aromatic N) is 1. The Kier molecular flexibility index (Phi) is 6.80. The maximum atomic E-state index is 13.2. The second-order valence-corrected chi connectivity index (χ2v) is 8.37. The van der Waals surface area contributed by atoms with Gasteiger partial charge in [-0.25, -0.2) is 8.42 Å². The molecular weight excluding hydrogens is 348 g/mol. The van der Waals surface area contributed by atoms with Crippen molar-refractivity contribution < 1.29 is 13.2 Å². The molecule has 0 radical (unpaired) electrons.